The van der Waals surface area contributed by atoms with Crippen molar-refractivity contribution in [3.8, 4) is 35.3 Å². The number of hydrogen-bond donors (Lipinski definition) is 0. The normalized spacial score (nSPS) is 11.8. The molecule has 0 N–H and O–H groups in total. The summed E-state index contributed by atoms with van der Waals surface area (Å²) < 4.78 is 6.27. The van der Waals surface area contributed by atoms with Crippen LogP contribution in [0.1, 0.15) is 84.2 Å². The fourth-order valence-corrected chi connectivity index (χ4v) is 10.3. The van der Waals surface area contributed by atoms with Crippen LogP contribution in [0.25, 0.3) is 82.5 Å². The second-order valence-corrected chi connectivity index (χ2v) is 17.6. The molecule has 4 aromatic carbocycles. The summed E-state index contributed by atoms with van der Waals surface area (Å²) in [6, 6.07) is 27.1. The lowest BCUT2D eigenvalue weighted by atomic mass is 9.96. The van der Waals surface area contributed by atoms with Crippen LogP contribution in [0.3, 0.4) is 0 Å². The molecule has 6 heterocycles. The molecule has 0 spiro atoms. The van der Waals surface area contributed by atoms with Crippen molar-refractivity contribution >= 4 is 65.4 Å². The maximum atomic E-state index is 11.9. The van der Waals surface area contributed by atoms with E-state index >= 15 is 0 Å². The van der Waals surface area contributed by atoms with Gasteiger partial charge in [-0.2, -0.15) is 15.8 Å². The number of rotatable bonds is 3. The lowest BCUT2D eigenvalue weighted by molar-refractivity contribution is 1.05. The molecule has 0 saturated heterocycles. The minimum absolute atomic E-state index is 0.210. The Bertz CT molecular complexity index is 3480. The molecule has 0 radical (unpaired) electrons. The Kier molecular flexibility index (Phi) is 8.49. The fourth-order valence-electron chi connectivity index (χ4n) is 10.3. The molecule has 0 bridgehead atoms. The summed E-state index contributed by atoms with van der Waals surface area (Å²) in [5.74, 6) is 0. The molecule has 0 aliphatic carbocycles. The van der Waals surface area contributed by atoms with Gasteiger partial charge >= 0.3 is 0 Å². The Balaban J connectivity index is 1.58. The summed E-state index contributed by atoms with van der Waals surface area (Å²) in [6.45, 7) is 24.5. The van der Waals surface area contributed by atoms with E-state index in [-0.39, 0.29) is 16.7 Å². The third-order valence-electron chi connectivity index (χ3n) is 13.4. The molecular weight excluding hydrogens is 775 g/mol. The summed E-state index contributed by atoms with van der Waals surface area (Å²) in [6.07, 6.45) is 0. The van der Waals surface area contributed by atoms with Gasteiger partial charge < -0.3 is 13.7 Å². The Morgan fingerprint density at radius 3 is 0.810 bits per heavy atom. The quantitative estimate of drug-likeness (QED) is 0.175. The van der Waals surface area contributed by atoms with Crippen molar-refractivity contribution in [2.75, 3.05) is 0 Å². The first-order valence-corrected chi connectivity index (χ1v) is 21.2. The molecule has 9 heteroatoms. The minimum Gasteiger partial charge on any atom is -0.306 e. The molecule has 0 saturated carbocycles. The van der Waals surface area contributed by atoms with Crippen LogP contribution in [0, 0.1) is 117 Å². The highest BCUT2D eigenvalue weighted by Crippen LogP contribution is 2.47. The Morgan fingerprint density at radius 2 is 0.571 bits per heavy atom. The monoisotopic (exact) mass is 819 g/mol. The van der Waals surface area contributed by atoms with E-state index in [9.17, 15) is 15.8 Å². The van der Waals surface area contributed by atoms with Crippen LogP contribution in [0.15, 0.2) is 54.6 Å². The van der Waals surface area contributed by atoms with Crippen molar-refractivity contribution in [3.05, 3.63) is 139 Å². The average molecular weight is 820 g/mol. The molecule has 6 aromatic heterocycles. The zero-order chi connectivity index (χ0) is 44.7. The van der Waals surface area contributed by atoms with Gasteiger partial charge in [-0.15, -0.1) is 0 Å². The van der Waals surface area contributed by atoms with Crippen LogP contribution < -0.4 is 0 Å². The molecule has 63 heavy (non-hydrogen) atoms. The van der Waals surface area contributed by atoms with Gasteiger partial charge in [-0.1, -0.05) is 0 Å². The van der Waals surface area contributed by atoms with Gasteiger partial charge in [0, 0.05) is 66.5 Å². The van der Waals surface area contributed by atoms with E-state index in [1.165, 1.54) is 0 Å². The molecule has 9 nitrogen and oxygen atoms in total. The van der Waals surface area contributed by atoms with Crippen LogP contribution in [-0.4, -0.2) is 28.7 Å². The van der Waals surface area contributed by atoms with E-state index in [2.05, 4.69) is 110 Å². The van der Waals surface area contributed by atoms with Crippen molar-refractivity contribution in [2.24, 2.45) is 0 Å². The highest BCUT2D eigenvalue weighted by Gasteiger charge is 2.34. The molecule has 0 fully saturated rings. The Morgan fingerprint density at radius 1 is 0.333 bits per heavy atom. The first-order chi connectivity index (χ1) is 30.1. The second kappa shape index (κ2) is 13.6. The number of nitrogens with zero attached hydrogens (tertiary/aromatic N) is 9. The van der Waals surface area contributed by atoms with E-state index in [0.29, 0.717) is 17.1 Å². The molecule has 0 aliphatic heterocycles. The van der Waals surface area contributed by atoms with Gasteiger partial charge in [-0.05, 0) is 171 Å². The number of fused-ring (bicyclic) bond motifs is 9. The summed E-state index contributed by atoms with van der Waals surface area (Å²) in [5.41, 5.74) is 18.4. The van der Waals surface area contributed by atoms with E-state index < -0.39 is 0 Å². The van der Waals surface area contributed by atoms with Crippen LogP contribution >= 0.6 is 0 Å². The maximum Gasteiger partial charge on any atom is 0.104 e. The fraction of sp³-hybridized carbons (Fsp3) is 0.222. The van der Waals surface area contributed by atoms with E-state index in [1.54, 1.807) is 0 Å². The van der Waals surface area contributed by atoms with E-state index in [0.717, 1.165) is 133 Å². The van der Waals surface area contributed by atoms with Crippen molar-refractivity contribution < 1.29 is 0 Å². The smallest absolute Gasteiger partial charge is 0.104 e. The van der Waals surface area contributed by atoms with Crippen LogP contribution in [0.4, 0.5) is 0 Å². The summed E-state index contributed by atoms with van der Waals surface area (Å²) in [5, 5.41) is 41.5. The molecule has 0 amide bonds. The summed E-state index contributed by atoms with van der Waals surface area (Å²) >= 11 is 0. The average Bonchev–Trinajstić information content (AvgIpc) is 3.81. The van der Waals surface area contributed by atoms with Gasteiger partial charge in [0.1, 0.15) is 34.9 Å². The zero-order valence-electron chi connectivity index (χ0n) is 37.7. The van der Waals surface area contributed by atoms with E-state index in [4.69, 9.17) is 15.0 Å². The first kappa shape index (κ1) is 39.3. The van der Waals surface area contributed by atoms with Gasteiger partial charge in [0.2, 0.25) is 0 Å². The van der Waals surface area contributed by atoms with Gasteiger partial charge in [0.05, 0.1) is 50.2 Å². The minimum atomic E-state index is 0.210. The molecule has 10 rings (SSSR count). The standard InChI is InChI=1S/C54H45N9/c1-25-13-37-43(16-28(25)4)61(46-19-31(7)58-34(10)49(37)46)52-40(22-55)53(62-44-17-29(5)26(2)14-38(44)50-35(11)59-32(8)20-47(50)62)42(24-57)54(41(52)23-56)63-45-18-30(6)27(3)15-39(45)51-36(12)60-33(9)21-48(51)63/h13-21H,1-12H3. The Hall–Kier alpha value is -7.80. The lowest BCUT2D eigenvalue weighted by Gasteiger charge is -2.23. The van der Waals surface area contributed by atoms with Gasteiger partial charge in [0.15, 0.2) is 0 Å². The van der Waals surface area contributed by atoms with Crippen molar-refractivity contribution in [3.63, 3.8) is 0 Å². The third kappa shape index (κ3) is 5.35. The van der Waals surface area contributed by atoms with Crippen molar-refractivity contribution in [1.29, 1.82) is 15.8 Å². The first-order valence-electron chi connectivity index (χ1n) is 21.2. The largest absolute Gasteiger partial charge is 0.306 e. The molecular formula is C54H45N9. The van der Waals surface area contributed by atoms with Gasteiger partial charge in [0.25, 0.3) is 0 Å². The predicted octanol–water partition coefficient (Wildman–Crippen LogP) is 12.5. The highest BCUT2D eigenvalue weighted by molar-refractivity contribution is 6.15. The second-order valence-electron chi connectivity index (χ2n) is 17.6. The molecule has 0 atom stereocenters. The van der Waals surface area contributed by atoms with E-state index in [1.807, 2.05) is 59.7 Å². The predicted molar refractivity (Wildman–Crippen MR) is 254 cm³/mol. The van der Waals surface area contributed by atoms with Crippen molar-refractivity contribution in [2.45, 2.75) is 83.1 Å². The van der Waals surface area contributed by atoms with Crippen molar-refractivity contribution in [1.82, 2.24) is 28.7 Å². The number of hydrogen-bond acceptors (Lipinski definition) is 6. The number of nitriles is 3. The van der Waals surface area contributed by atoms with Crippen LogP contribution in [-0.2, 0) is 0 Å². The topological polar surface area (TPSA) is 125 Å². The number of aromatic nitrogens is 6. The van der Waals surface area contributed by atoms with Crippen LogP contribution in [0.5, 0.6) is 0 Å². The number of pyridine rings is 3. The SMILES string of the molecule is Cc1cc2c(c(C)n1)c1cc(C)c(C)cc1n2-c1c(C#N)c(-n2c3cc(C)c(C)cc3c3c(C)nc(C)cc32)c(C#N)c(-n2c3cc(C)c(C)cc3c3c(C)nc(C)cc32)c1C#N. The maximum absolute atomic E-state index is 11.9. The lowest BCUT2D eigenvalue weighted by Crippen LogP contribution is -2.14. The number of aryl methyl sites for hydroxylation is 12. The number of benzene rings is 4. The molecule has 10 aromatic rings. The molecule has 0 unspecified atom stereocenters. The van der Waals surface area contributed by atoms with Crippen LogP contribution in [0.2, 0.25) is 0 Å². The third-order valence-corrected chi connectivity index (χ3v) is 13.4. The summed E-state index contributed by atoms with van der Waals surface area (Å²) in [7, 11) is 0. The van der Waals surface area contributed by atoms with Gasteiger partial charge in [-0.25, -0.2) is 0 Å². The Labute approximate surface area is 365 Å². The van der Waals surface area contributed by atoms with Gasteiger partial charge in [-0.3, -0.25) is 15.0 Å². The summed E-state index contributed by atoms with van der Waals surface area (Å²) in [4.78, 5) is 14.8. The zero-order valence-corrected chi connectivity index (χ0v) is 37.7. The molecule has 306 valence electrons. The molecule has 0 aliphatic rings. The highest BCUT2D eigenvalue weighted by atomic mass is 15.1.